The molecule has 0 bridgehead atoms. The van der Waals surface area contributed by atoms with Crippen LogP contribution < -0.4 is 0 Å². The molecule has 0 aromatic carbocycles. The van der Waals surface area contributed by atoms with E-state index in [0.717, 1.165) is 37.0 Å². The fourth-order valence-electron chi connectivity index (χ4n) is 8.44. The summed E-state index contributed by atoms with van der Waals surface area (Å²) in [5.74, 6) is 3.07. The van der Waals surface area contributed by atoms with E-state index in [1.54, 1.807) is 12.5 Å². The first-order valence-corrected chi connectivity index (χ1v) is 13.5. The van der Waals surface area contributed by atoms with Crippen molar-refractivity contribution < 1.29 is 9.53 Å². The van der Waals surface area contributed by atoms with Gasteiger partial charge in [0.1, 0.15) is 6.10 Å². The van der Waals surface area contributed by atoms with E-state index in [9.17, 15) is 4.79 Å². The number of esters is 1. The Morgan fingerprint density at radius 3 is 2.53 bits per heavy atom. The summed E-state index contributed by atoms with van der Waals surface area (Å²) >= 11 is 0. The second-order valence-electron chi connectivity index (χ2n) is 13.5. The van der Waals surface area contributed by atoms with Crippen LogP contribution >= 0.6 is 0 Å². The van der Waals surface area contributed by atoms with Gasteiger partial charge in [-0.2, -0.15) is 0 Å². The third kappa shape index (κ3) is 4.37. The van der Waals surface area contributed by atoms with Crippen molar-refractivity contribution in [3.05, 3.63) is 23.3 Å². The summed E-state index contributed by atoms with van der Waals surface area (Å²) in [6.45, 7) is 16.4. The highest BCUT2D eigenvalue weighted by Gasteiger charge is 2.57. The predicted octanol–water partition coefficient (Wildman–Crippen LogP) is 8.27. The van der Waals surface area contributed by atoms with Gasteiger partial charge in [0, 0.05) is 13.3 Å². The minimum Gasteiger partial charge on any atom is -0.462 e. The molecule has 0 unspecified atom stereocenters. The Hall–Kier alpha value is -1.05. The Labute approximate surface area is 197 Å². The number of hydrogen-bond acceptors (Lipinski definition) is 2. The van der Waals surface area contributed by atoms with Gasteiger partial charge in [-0.15, -0.1) is 0 Å². The molecule has 0 amide bonds. The molecular weight excluding hydrogens is 392 g/mol. The Bertz CT molecular complexity index is 783. The van der Waals surface area contributed by atoms with Crippen molar-refractivity contribution in [1.82, 2.24) is 0 Å². The SMILES string of the molecule is CC(=O)O[C@H]1CC[C@@]2(C)C(=CC=C3[C@@H]4CC[C@H]([C@H](C)CCCC(C)(C)C)[C@@]4(C)CC[C@@H]32)C1. The highest BCUT2D eigenvalue weighted by atomic mass is 16.5. The standard InChI is InChI=1S/C30H48O2/c1-20(9-8-16-28(3,4)5)25-12-13-26-24-11-10-22-19-23(32-21(2)31)14-17-29(22,6)27(24)15-18-30(25,26)7/h10-11,20,23,25-27H,8-9,12-19H2,1-7H3/t20-,23+,25-,26+,27+,29+,30-/m1/s1. The first kappa shape index (κ1) is 24.1. The van der Waals surface area contributed by atoms with E-state index < -0.39 is 0 Å². The second-order valence-corrected chi connectivity index (χ2v) is 13.5. The van der Waals surface area contributed by atoms with Gasteiger partial charge >= 0.3 is 5.97 Å². The molecule has 2 heteroatoms. The van der Waals surface area contributed by atoms with E-state index >= 15 is 0 Å². The molecule has 4 rings (SSSR count). The van der Waals surface area contributed by atoms with Crippen molar-refractivity contribution in [1.29, 1.82) is 0 Å². The van der Waals surface area contributed by atoms with Crippen molar-refractivity contribution in [3.63, 3.8) is 0 Å². The zero-order chi connectivity index (χ0) is 23.3. The van der Waals surface area contributed by atoms with E-state index in [0.29, 0.717) is 16.7 Å². The Balaban J connectivity index is 1.49. The Morgan fingerprint density at radius 2 is 1.84 bits per heavy atom. The van der Waals surface area contributed by atoms with Crippen LogP contribution in [0.2, 0.25) is 0 Å². The van der Waals surface area contributed by atoms with Gasteiger partial charge in [-0.05, 0) is 84.9 Å². The summed E-state index contributed by atoms with van der Waals surface area (Å²) in [4.78, 5) is 11.5. The van der Waals surface area contributed by atoms with Crippen LogP contribution in [0.1, 0.15) is 113 Å². The summed E-state index contributed by atoms with van der Waals surface area (Å²) in [6.07, 6.45) is 17.8. The first-order chi connectivity index (χ1) is 14.9. The van der Waals surface area contributed by atoms with E-state index in [4.69, 9.17) is 4.74 Å². The van der Waals surface area contributed by atoms with Gasteiger partial charge in [0.05, 0.1) is 0 Å². The van der Waals surface area contributed by atoms with Crippen LogP contribution in [0.25, 0.3) is 0 Å². The van der Waals surface area contributed by atoms with Gasteiger partial charge in [-0.3, -0.25) is 4.79 Å². The average molecular weight is 441 g/mol. The van der Waals surface area contributed by atoms with Crippen LogP contribution in [0.4, 0.5) is 0 Å². The lowest BCUT2D eigenvalue weighted by atomic mass is 9.50. The fraction of sp³-hybridized carbons (Fsp3) is 0.833. The third-order valence-electron chi connectivity index (χ3n) is 10.2. The van der Waals surface area contributed by atoms with Crippen LogP contribution in [0.3, 0.4) is 0 Å². The van der Waals surface area contributed by atoms with Gasteiger partial charge in [-0.25, -0.2) is 0 Å². The van der Waals surface area contributed by atoms with Crippen molar-refractivity contribution in [2.24, 2.45) is 39.9 Å². The highest BCUT2D eigenvalue weighted by Crippen LogP contribution is 2.66. The van der Waals surface area contributed by atoms with Crippen LogP contribution in [-0.2, 0) is 9.53 Å². The second kappa shape index (κ2) is 8.62. The lowest BCUT2D eigenvalue weighted by Gasteiger charge is -2.55. The normalized spacial score (nSPS) is 39.8. The maximum Gasteiger partial charge on any atom is 0.302 e. The van der Waals surface area contributed by atoms with Crippen LogP contribution in [0.15, 0.2) is 23.3 Å². The quantitative estimate of drug-likeness (QED) is 0.402. The van der Waals surface area contributed by atoms with Crippen molar-refractivity contribution in [2.75, 3.05) is 0 Å². The molecule has 0 N–H and O–H groups in total. The Kier molecular flexibility index (Phi) is 6.49. The molecule has 180 valence electrons. The molecule has 2 nitrogen and oxygen atoms in total. The molecule has 4 aliphatic carbocycles. The number of carbonyl (C=O) groups is 1. The van der Waals surface area contributed by atoms with Crippen LogP contribution in [0, 0.1) is 39.9 Å². The summed E-state index contributed by atoms with van der Waals surface area (Å²) in [5, 5.41) is 0. The number of rotatable bonds is 5. The number of allylic oxidation sites excluding steroid dienone is 3. The molecule has 0 heterocycles. The molecule has 0 aliphatic heterocycles. The zero-order valence-electron chi connectivity index (χ0n) is 21.9. The number of fused-ring (bicyclic) bond motifs is 5. The van der Waals surface area contributed by atoms with Crippen LogP contribution in [0.5, 0.6) is 0 Å². The third-order valence-corrected chi connectivity index (χ3v) is 10.2. The summed E-state index contributed by atoms with van der Waals surface area (Å²) in [7, 11) is 0. The molecule has 0 spiro atoms. The molecule has 0 aromatic rings. The molecule has 0 aromatic heterocycles. The Morgan fingerprint density at radius 1 is 1.09 bits per heavy atom. The zero-order valence-corrected chi connectivity index (χ0v) is 21.9. The lowest BCUT2D eigenvalue weighted by Crippen LogP contribution is -2.46. The van der Waals surface area contributed by atoms with Gasteiger partial charge < -0.3 is 4.74 Å². The average Bonchev–Trinajstić information content (AvgIpc) is 3.04. The lowest BCUT2D eigenvalue weighted by molar-refractivity contribution is -0.148. The minimum absolute atomic E-state index is 0.0837. The molecule has 32 heavy (non-hydrogen) atoms. The number of hydrogen-bond donors (Lipinski definition) is 0. The smallest absolute Gasteiger partial charge is 0.302 e. The maximum atomic E-state index is 11.5. The van der Waals surface area contributed by atoms with Crippen molar-refractivity contribution >= 4 is 5.97 Å². The summed E-state index contributed by atoms with van der Waals surface area (Å²) in [6, 6.07) is 0. The predicted molar refractivity (Wildman–Crippen MR) is 133 cm³/mol. The first-order valence-electron chi connectivity index (χ1n) is 13.5. The van der Waals surface area contributed by atoms with E-state index in [1.807, 2.05) is 0 Å². The van der Waals surface area contributed by atoms with Crippen LogP contribution in [-0.4, -0.2) is 12.1 Å². The topological polar surface area (TPSA) is 26.3 Å². The van der Waals surface area contributed by atoms with Gasteiger partial charge in [0.25, 0.3) is 0 Å². The van der Waals surface area contributed by atoms with E-state index in [-0.39, 0.29) is 17.5 Å². The molecule has 0 radical (unpaired) electrons. The molecule has 3 fully saturated rings. The molecular formula is C30H48O2. The number of ether oxygens (including phenoxy) is 1. The largest absolute Gasteiger partial charge is 0.462 e. The minimum atomic E-state index is -0.131. The molecule has 3 saturated carbocycles. The van der Waals surface area contributed by atoms with Crippen molar-refractivity contribution in [3.8, 4) is 0 Å². The summed E-state index contributed by atoms with van der Waals surface area (Å²) < 4.78 is 5.60. The van der Waals surface area contributed by atoms with Gasteiger partial charge in [-0.1, -0.05) is 77.7 Å². The highest BCUT2D eigenvalue weighted by molar-refractivity contribution is 5.66. The van der Waals surface area contributed by atoms with E-state index in [2.05, 4.69) is 53.7 Å². The molecule has 0 saturated heterocycles. The summed E-state index contributed by atoms with van der Waals surface area (Å²) in [5.41, 5.74) is 4.54. The maximum absolute atomic E-state index is 11.5. The molecule has 4 aliphatic rings. The number of carbonyl (C=O) groups excluding carboxylic acids is 1. The fourth-order valence-corrected chi connectivity index (χ4v) is 8.44. The molecule has 7 atom stereocenters. The monoisotopic (exact) mass is 440 g/mol. The van der Waals surface area contributed by atoms with Gasteiger partial charge in [0.2, 0.25) is 0 Å². The van der Waals surface area contributed by atoms with Crippen molar-refractivity contribution in [2.45, 2.75) is 119 Å². The van der Waals surface area contributed by atoms with Gasteiger partial charge in [0.15, 0.2) is 0 Å². The van der Waals surface area contributed by atoms with E-state index in [1.165, 1.54) is 50.5 Å².